The second-order valence-corrected chi connectivity index (χ2v) is 7.61. The molecule has 0 rings (SSSR count). The highest BCUT2D eigenvalue weighted by atomic mass is 32.2. The molecule has 0 saturated heterocycles. The number of carbonyl (C=O) groups excluding carboxylic acids is 1. The molecule has 2 unspecified atom stereocenters. The first-order valence-electron chi connectivity index (χ1n) is 7.72. The van der Waals surface area contributed by atoms with Gasteiger partial charge in [-0.05, 0) is 43.4 Å². The summed E-state index contributed by atoms with van der Waals surface area (Å²) in [6, 6.07) is 0.361. The molecular weight excluding hydrogens is 268 g/mol. The number of hydrogen-bond acceptors (Lipinski definition) is 3. The van der Waals surface area contributed by atoms with Crippen LogP contribution in [0.25, 0.3) is 0 Å². The molecule has 20 heavy (non-hydrogen) atoms. The third-order valence-corrected chi connectivity index (χ3v) is 4.94. The Morgan fingerprint density at radius 3 is 2.30 bits per heavy atom. The molecule has 0 aliphatic rings. The molecule has 0 bridgehead atoms. The van der Waals surface area contributed by atoms with E-state index in [1.165, 1.54) is 0 Å². The number of amides is 1. The van der Waals surface area contributed by atoms with Gasteiger partial charge in [0, 0.05) is 25.3 Å². The van der Waals surface area contributed by atoms with Crippen molar-refractivity contribution in [3.63, 3.8) is 0 Å². The first kappa shape index (κ1) is 19.8. The van der Waals surface area contributed by atoms with Gasteiger partial charge in [0.1, 0.15) is 0 Å². The predicted molar refractivity (Wildman–Crippen MR) is 91.1 cm³/mol. The Kier molecular flexibility index (Phi) is 9.56. The van der Waals surface area contributed by atoms with E-state index in [1.807, 2.05) is 11.9 Å². The number of nitrogens with two attached hydrogens (primary N) is 1. The van der Waals surface area contributed by atoms with Crippen LogP contribution in [0.2, 0.25) is 0 Å². The highest BCUT2D eigenvalue weighted by Gasteiger charge is 2.26. The first-order valence-corrected chi connectivity index (χ1v) is 9.11. The lowest BCUT2D eigenvalue weighted by Gasteiger charge is -2.32. The molecule has 0 fully saturated rings. The van der Waals surface area contributed by atoms with Gasteiger partial charge in [0.15, 0.2) is 0 Å². The standard InChI is InChI=1S/C16H34N2OS/c1-7-14(12-20-6)18(5)15(19)9-8-13(10-11-17)16(2,3)4/h13-14H,7-12,17H2,1-6H3. The van der Waals surface area contributed by atoms with Crippen molar-refractivity contribution in [1.82, 2.24) is 4.90 Å². The van der Waals surface area contributed by atoms with Crippen LogP contribution in [0.1, 0.15) is 53.4 Å². The van der Waals surface area contributed by atoms with Gasteiger partial charge in [-0.1, -0.05) is 27.7 Å². The molecule has 0 radical (unpaired) electrons. The van der Waals surface area contributed by atoms with E-state index in [4.69, 9.17) is 5.73 Å². The van der Waals surface area contributed by atoms with E-state index >= 15 is 0 Å². The molecule has 0 aliphatic carbocycles. The number of thioether (sulfide) groups is 1. The van der Waals surface area contributed by atoms with Gasteiger partial charge in [0.25, 0.3) is 0 Å². The molecule has 0 spiro atoms. The highest BCUT2D eigenvalue weighted by Crippen LogP contribution is 2.32. The van der Waals surface area contributed by atoms with Crippen molar-refractivity contribution in [1.29, 1.82) is 0 Å². The minimum absolute atomic E-state index is 0.224. The Morgan fingerprint density at radius 1 is 1.30 bits per heavy atom. The van der Waals surface area contributed by atoms with Crippen molar-refractivity contribution in [2.45, 2.75) is 59.4 Å². The smallest absolute Gasteiger partial charge is 0.222 e. The van der Waals surface area contributed by atoms with Crippen LogP contribution in [0, 0.1) is 11.3 Å². The summed E-state index contributed by atoms with van der Waals surface area (Å²) in [5, 5.41) is 0. The van der Waals surface area contributed by atoms with Crippen molar-refractivity contribution in [2.24, 2.45) is 17.1 Å². The maximum absolute atomic E-state index is 12.3. The fraction of sp³-hybridized carbons (Fsp3) is 0.938. The zero-order valence-corrected chi connectivity index (χ0v) is 15.1. The summed E-state index contributed by atoms with van der Waals surface area (Å²) >= 11 is 1.81. The second kappa shape index (κ2) is 9.67. The van der Waals surface area contributed by atoms with Crippen LogP contribution >= 0.6 is 11.8 Å². The summed E-state index contributed by atoms with van der Waals surface area (Å²) in [5.74, 6) is 1.81. The molecule has 2 N–H and O–H groups in total. The normalized spacial score (nSPS) is 14.9. The van der Waals surface area contributed by atoms with Gasteiger partial charge in [0.2, 0.25) is 5.91 Å². The maximum Gasteiger partial charge on any atom is 0.222 e. The minimum Gasteiger partial charge on any atom is -0.342 e. The van der Waals surface area contributed by atoms with Gasteiger partial charge in [-0.3, -0.25) is 4.79 Å². The molecule has 0 aromatic heterocycles. The summed E-state index contributed by atoms with van der Waals surface area (Å²) in [5.41, 5.74) is 5.93. The molecule has 1 amide bonds. The summed E-state index contributed by atoms with van der Waals surface area (Å²) in [6.07, 6.45) is 5.71. The monoisotopic (exact) mass is 302 g/mol. The molecule has 4 heteroatoms. The SMILES string of the molecule is CCC(CSC)N(C)C(=O)CCC(CCN)C(C)(C)C. The third-order valence-electron chi connectivity index (χ3n) is 4.22. The van der Waals surface area contributed by atoms with Crippen molar-refractivity contribution < 1.29 is 4.79 Å². The zero-order valence-electron chi connectivity index (χ0n) is 14.2. The summed E-state index contributed by atoms with van der Waals surface area (Å²) in [6.45, 7) is 9.57. The lowest BCUT2D eigenvalue weighted by Crippen LogP contribution is -2.38. The molecule has 2 atom stereocenters. The molecular formula is C16H34N2OS. The van der Waals surface area contributed by atoms with E-state index in [9.17, 15) is 4.79 Å². The van der Waals surface area contributed by atoms with Crippen molar-refractivity contribution in [3.8, 4) is 0 Å². The van der Waals surface area contributed by atoms with Crippen molar-refractivity contribution in [3.05, 3.63) is 0 Å². The first-order chi connectivity index (χ1) is 9.27. The summed E-state index contributed by atoms with van der Waals surface area (Å²) in [4.78, 5) is 14.3. The Balaban J connectivity index is 4.44. The van der Waals surface area contributed by atoms with Gasteiger partial charge in [-0.15, -0.1) is 0 Å². The minimum atomic E-state index is 0.224. The Labute approximate surface area is 130 Å². The molecule has 0 aliphatic heterocycles. The number of hydrogen-bond donors (Lipinski definition) is 1. The molecule has 0 saturated carbocycles. The van der Waals surface area contributed by atoms with Crippen LogP contribution in [0.3, 0.4) is 0 Å². The Hall–Kier alpha value is -0.220. The molecule has 0 aromatic carbocycles. The largest absolute Gasteiger partial charge is 0.342 e. The Morgan fingerprint density at radius 2 is 1.90 bits per heavy atom. The molecule has 3 nitrogen and oxygen atoms in total. The van der Waals surface area contributed by atoms with Gasteiger partial charge in [-0.25, -0.2) is 0 Å². The van der Waals surface area contributed by atoms with Crippen molar-refractivity contribution in [2.75, 3.05) is 25.6 Å². The van der Waals surface area contributed by atoms with E-state index in [1.54, 1.807) is 11.8 Å². The van der Waals surface area contributed by atoms with Crippen LogP contribution < -0.4 is 5.73 Å². The van der Waals surface area contributed by atoms with E-state index in [0.717, 1.165) is 25.0 Å². The topological polar surface area (TPSA) is 46.3 Å². The number of nitrogens with zero attached hydrogens (tertiary/aromatic N) is 1. The highest BCUT2D eigenvalue weighted by molar-refractivity contribution is 7.98. The third kappa shape index (κ3) is 6.98. The second-order valence-electron chi connectivity index (χ2n) is 6.70. The predicted octanol–water partition coefficient (Wildman–Crippen LogP) is 3.38. The average Bonchev–Trinajstić information content (AvgIpc) is 2.38. The number of carbonyl (C=O) groups is 1. The van der Waals surface area contributed by atoms with Crippen LogP contribution in [0.4, 0.5) is 0 Å². The van der Waals surface area contributed by atoms with E-state index < -0.39 is 0 Å². The lowest BCUT2D eigenvalue weighted by atomic mass is 9.76. The van der Waals surface area contributed by atoms with Crippen LogP contribution in [0.5, 0.6) is 0 Å². The fourth-order valence-corrected chi connectivity index (χ4v) is 3.43. The van der Waals surface area contributed by atoms with Gasteiger partial charge in [-0.2, -0.15) is 11.8 Å². The molecule has 120 valence electrons. The summed E-state index contributed by atoms with van der Waals surface area (Å²) in [7, 11) is 1.95. The molecule has 0 heterocycles. The van der Waals surface area contributed by atoms with Gasteiger partial charge in [0.05, 0.1) is 0 Å². The van der Waals surface area contributed by atoms with Crippen molar-refractivity contribution >= 4 is 17.7 Å². The zero-order chi connectivity index (χ0) is 15.8. The van der Waals surface area contributed by atoms with E-state index in [0.29, 0.717) is 24.9 Å². The maximum atomic E-state index is 12.3. The van der Waals surface area contributed by atoms with E-state index in [-0.39, 0.29) is 11.3 Å². The average molecular weight is 303 g/mol. The fourth-order valence-electron chi connectivity index (χ4n) is 2.59. The Bertz CT molecular complexity index is 276. The molecule has 0 aromatic rings. The van der Waals surface area contributed by atoms with Gasteiger partial charge < -0.3 is 10.6 Å². The number of rotatable bonds is 9. The van der Waals surface area contributed by atoms with Crippen LogP contribution in [-0.2, 0) is 4.79 Å². The van der Waals surface area contributed by atoms with Crippen LogP contribution in [-0.4, -0.2) is 42.4 Å². The lowest BCUT2D eigenvalue weighted by molar-refractivity contribution is -0.132. The quantitative estimate of drug-likeness (QED) is 0.710. The summed E-state index contributed by atoms with van der Waals surface area (Å²) < 4.78 is 0. The van der Waals surface area contributed by atoms with E-state index in [2.05, 4.69) is 34.0 Å². The van der Waals surface area contributed by atoms with Crippen LogP contribution in [0.15, 0.2) is 0 Å². The van der Waals surface area contributed by atoms with Gasteiger partial charge >= 0.3 is 0 Å².